The summed E-state index contributed by atoms with van der Waals surface area (Å²) < 4.78 is 24.0. The van der Waals surface area contributed by atoms with Gasteiger partial charge in [0.1, 0.15) is 16.5 Å². The van der Waals surface area contributed by atoms with Crippen molar-refractivity contribution in [2.24, 2.45) is 5.10 Å². The van der Waals surface area contributed by atoms with Crippen molar-refractivity contribution in [1.82, 2.24) is 4.98 Å². The number of hydrogen-bond donors (Lipinski definition) is 2. The van der Waals surface area contributed by atoms with Crippen molar-refractivity contribution in [2.45, 2.75) is 6.92 Å². The van der Waals surface area contributed by atoms with Gasteiger partial charge in [-0.2, -0.15) is 5.10 Å². The monoisotopic (exact) mass is 490 g/mol. The van der Waals surface area contributed by atoms with Crippen molar-refractivity contribution in [3.8, 4) is 22.8 Å². The van der Waals surface area contributed by atoms with Gasteiger partial charge in [-0.3, -0.25) is 10.2 Å². The van der Waals surface area contributed by atoms with Crippen molar-refractivity contribution in [3.05, 3.63) is 89.2 Å². The van der Waals surface area contributed by atoms with Crippen LogP contribution in [0.25, 0.3) is 11.3 Å². The van der Waals surface area contributed by atoms with Crippen LogP contribution in [0.2, 0.25) is 0 Å². The van der Waals surface area contributed by atoms with Crippen molar-refractivity contribution in [3.63, 3.8) is 0 Å². The maximum Gasteiger partial charge on any atom is 0.256 e. The second-order valence-corrected chi connectivity index (χ2v) is 8.48. The minimum absolute atomic E-state index is 0.340. The highest BCUT2D eigenvalue weighted by atomic mass is 32.1. The highest BCUT2D eigenvalue weighted by Crippen LogP contribution is 2.36. The van der Waals surface area contributed by atoms with E-state index in [0.29, 0.717) is 32.9 Å². The summed E-state index contributed by atoms with van der Waals surface area (Å²) >= 11 is 1.24. The summed E-state index contributed by atoms with van der Waals surface area (Å²) in [6, 6.07) is 18.7. The molecule has 1 heterocycles. The molecule has 4 aromatic rings. The first-order valence-electron chi connectivity index (χ1n) is 10.6. The largest absolute Gasteiger partial charge is 0.493 e. The van der Waals surface area contributed by atoms with Crippen LogP contribution in [0.1, 0.15) is 21.5 Å². The number of para-hydroxylation sites is 1. The number of nitrogens with one attached hydrogen (secondary N) is 2. The lowest BCUT2D eigenvalue weighted by Gasteiger charge is -2.09. The van der Waals surface area contributed by atoms with Gasteiger partial charge in [0.25, 0.3) is 5.91 Å². The van der Waals surface area contributed by atoms with Gasteiger partial charge in [-0.1, -0.05) is 47.2 Å². The fourth-order valence-corrected chi connectivity index (χ4v) is 4.14. The second kappa shape index (κ2) is 10.8. The molecule has 0 fully saturated rings. The molecule has 2 N–H and O–H groups in total. The summed E-state index contributed by atoms with van der Waals surface area (Å²) in [6.45, 7) is 2.00. The smallest absolute Gasteiger partial charge is 0.256 e. The molecule has 0 aliphatic carbocycles. The Morgan fingerprint density at radius 1 is 1.03 bits per heavy atom. The molecule has 1 amide bonds. The summed E-state index contributed by atoms with van der Waals surface area (Å²) in [5.74, 6) is 0.389. The number of benzene rings is 3. The second-order valence-electron chi connectivity index (χ2n) is 7.48. The van der Waals surface area contributed by atoms with Crippen LogP contribution in [-0.2, 0) is 0 Å². The van der Waals surface area contributed by atoms with E-state index in [2.05, 4.69) is 20.8 Å². The Morgan fingerprint density at radius 3 is 2.46 bits per heavy atom. The standard InChI is InChI=1S/C26H23FN4O3S/c1-16-7-9-17(10-8-16)22-25(30-24(32)18-11-13-20(27)14-12-18)35-26(29-22)31-28-15-19-5-4-6-21(33-2)23(19)34-3/h4-15H,1-3H3,(H,29,31)(H,30,32). The van der Waals surface area contributed by atoms with Crippen molar-refractivity contribution >= 4 is 33.6 Å². The number of nitrogens with zero attached hydrogens (tertiary/aromatic N) is 2. The van der Waals surface area contributed by atoms with Crippen molar-refractivity contribution < 1.29 is 18.7 Å². The maximum absolute atomic E-state index is 13.3. The van der Waals surface area contributed by atoms with Crippen LogP contribution in [0.3, 0.4) is 0 Å². The molecule has 9 heteroatoms. The first kappa shape index (κ1) is 23.9. The number of aryl methyl sites for hydroxylation is 1. The number of methoxy groups -OCH3 is 2. The van der Waals surface area contributed by atoms with Crippen LogP contribution in [0.15, 0.2) is 71.8 Å². The van der Waals surface area contributed by atoms with Crippen LogP contribution >= 0.6 is 11.3 Å². The predicted octanol–water partition coefficient (Wildman–Crippen LogP) is 5.97. The summed E-state index contributed by atoms with van der Waals surface area (Å²) in [4.78, 5) is 17.4. The zero-order valence-electron chi connectivity index (χ0n) is 19.3. The summed E-state index contributed by atoms with van der Waals surface area (Å²) in [6.07, 6.45) is 1.60. The van der Waals surface area contributed by atoms with Gasteiger partial charge in [0.15, 0.2) is 11.5 Å². The maximum atomic E-state index is 13.3. The normalized spacial score (nSPS) is 10.9. The number of aromatic nitrogens is 1. The highest BCUT2D eigenvalue weighted by Gasteiger charge is 2.17. The molecule has 35 heavy (non-hydrogen) atoms. The molecule has 0 aliphatic rings. The number of thiazole rings is 1. The molecule has 1 aromatic heterocycles. The molecular weight excluding hydrogens is 467 g/mol. The Bertz CT molecular complexity index is 1350. The third kappa shape index (κ3) is 5.64. The zero-order chi connectivity index (χ0) is 24.8. The molecule has 0 bridgehead atoms. The van der Waals surface area contributed by atoms with Crippen molar-refractivity contribution in [2.75, 3.05) is 25.0 Å². The van der Waals surface area contributed by atoms with Gasteiger partial charge in [0.05, 0.1) is 20.4 Å². The lowest BCUT2D eigenvalue weighted by atomic mass is 10.1. The van der Waals surface area contributed by atoms with Crippen LogP contribution < -0.4 is 20.2 Å². The Labute approximate surface area is 206 Å². The molecule has 0 saturated heterocycles. The van der Waals surface area contributed by atoms with E-state index in [1.54, 1.807) is 26.5 Å². The highest BCUT2D eigenvalue weighted by molar-refractivity contribution is 7.20. The molecule has 178 valence electrons. The number of anilines is 2. The molecule has 3 aromatic carbocycles. The lowest BCUT2D eigenvalue weighted by Crippen LogP contribution is -2.11. The van der Waals surface area contributed by atoms with E-state index in [1.165, 1.54) is 35.6 Å². The van der Waals surface area contributed by atoms with Crippen LogP contribution in [0.4, 0.5) is 14.5 Å². The minimum atomic E-state index is -0.406. The van der Waals surface area contributed by atoms with Gasteiger partial charge >= 0.3 is 0 Å². The number of hydrazone groups is 1. The minimum Gasteiger partial charge on any atom is -0.493 e. The summed E-state index contributed by atoms with van der Waals surface area (Å²) in [5.41, 5.74) is 6.53. The molecule has 0 atom stereocenters. The molecule has 0 saturated carbocycles. The topological polar surface area (TPSA) is 84.8 Å². The first-order valence-corrected chi connectivity index (χ1v) is 11.4. The van der Waals surface area contributed by atoms with Gasteiger partial charge in [-0.05, 0) is 43.3 Å². The third-order valence-corrected chi connectivity index (χ3v) is 5.96. The van der Waals surface area contributed by atoms with Gasteiger partial charge in [0.2, 0.25) is 5.13 Å². The van der Waals surface area contributed by atoms with E-state index >= 15 is 0 Å². The number of ether oxygens (including phenoxy) is 2. The Hall–Kier alpha value is -4.24. The number of carbonyl (C=O) groups excluding carboxylic acids is 1. The first-order chi connectivity index (χ1) is 17.0. The average Bonchev–Trinajstić information content (AvgIpc) is 3.26. The number of hydrogen-bond acceptors (Lipinski definition) is 7. The van der Waals surface area contributed by atoms with E-state index in [0.717, 1.165) is 16.7 Å². The van der Waals surface area contributed by atoms with Crippen LogP contribution in [0.5, 0.6) is 11.5 Å². The van der Waals surface area contributed by atoms with Gasteiger partial charge in [0, 0.05) is 16.7 Å². The average molecular weight is 491 g/mol. The summed E-state index contributed by atoms with van der Waals surface area (Å²) in [5, 5.41) is 8.20. The van der Waals surface area contributed by atoms with Gasteiger partial charge in [-0.25, -0.2) is 9.37 Å². The lowest BCUT2D eigenvalue weighted by molar-refractivity contribution is 0.102. The van der Waals surface area contributed by atoms with E-state index in [9.17, 15) is 9.18 Å². The predicted molar refractivity (Wildman–Crippen MR) is 137 cm³/mol. The quantitative estimate of drug-likeness (QED) is 0.235. The van der Waals surface area contributed by atoms with Gasteiger partial charge in [-0.15, -0.1) is 0 Å². The number of rotatable bonds is 8. The SMILES string of the molecule is COc1cccc(C=NNc2nc(-c3ccc(C)cc3)c(NC(=O)c3ccc(F)cc3)s2)c1OC. The van der Waals surface area contributed by atoms with Crippen LogP contribution in [0, 0.1) is 12.7 Å². The number of amides is 1. The number of halogens is 1. The third-order valence-electron chi connectivity index (χ3n) is 5.08. The van der Waals surface area contributed by atoms with E-state index in [1.807, 2.05) is 43.3 Å². The fourth-order valence-electron chi connectivity index (χ4n) is 3.31. The fraction of sp³-hybridized carbons (Fsp3) is 0.115. The molecule has 0 unspecified atom stereocenters. The van der Waals surface area contributed by atoms with Crippen LogP contribution in [-0.4, -0.2) is 31.3 Å². The molecule has 0 radical (unpaired) electrons. The molecule has 0 aliphatic heterocycles. The molecule has 7 nitrogen and oxygen atoms in total. The van der Waals surface area contributed by atoms with E-state index < -0.39 is 5.82 Å². The van der Waals surface area contributed by atoms with Gasteiger partial charge < -0.3 is 14.8 Å². The molecule has 4 rings (SSSR count). The summed E-state index contributed by atoms with van der Waals surface area (Å²) in [7, 11) is 3.13. The number of carbonyl (C=O) groups is 1. The van der Waals surface area contributed by atoms with Crippen molar-refractivity contribution in [1.29, 1.82) is 0 Å². The Morgan fingerprint density at radius 2 is 1.77 bits per heavy atom. The molecule has 0 spiro atoms. The van der Waals surface area contributed by atoms with E-state index in [-0.39, 0.29) is 5.91 Å². The zero-order valence-corrected chi connectivity index (χ0v) is 20.2. The molecular formula is C26H23FN4O3S. The van der Waals surface area contributed by atoms with E-state index in [4.69, 9.17) is 9.47 Å². The Kier molecular flexibility index (Phi) is 7.37. The Balaban J connectivity index is 1.61.